The van der Waals surface area contributed by atoms with Crippen molar-refractivity contribution in [3.63, 3.8) is 0 Å². The average molecular weight is 276 g/mol. The smallest absolute Gasteiger partial charge is 0.254 e. The molecule has 2 N–H and O–H groups in total. The molecule has 7 heteroatoms. The first-order chi connectivity index (χ1) is 9.36. The third-order valence-electron chi connectivity index (χ3n) is 3.99. The van der Waals surface area contributed by atoms with Crippen molar-refractivity contribution in [2.75, 3.05) is 13.1 Å². The van der Waals surface area contributed by atoms with Crippen molar-refractivity contribution in [2.45, 2.75) is 18.0 Å². The van der Waals surface area contributed by atoms with E-state index in [0.717, 1.165) is 0 Å². The average Bonchev–Trinajstić information content (AvgIpc) is 2.99. The third kappa shape index (κ3) is 1.65. The zero-order chi connectivity index (χ0) is 14.7. The van der Waals surface area contributed by atoms with Crippen LogP contribution >= 0.6 is 0 Å². The quantitative estimate of drug-likeness (QED) is 0.743. The first-order valence-electron chi connectivity index (χ1n) is 6.17. The Labute approximate surface area is 115 Å². The monoisotopic (exact) mass is 276 g/mol. The molecule has 1 aliphatic heterocycles. The van der Waals surface area contributed by atoms with Gasteiger partial charge in [-0.1, -0.05) is 11.5 Å². The minimum atomic E-state index is -1.25. The largest absolute Gasteiger partial charge is 0.368 e. The maximum absolute atomic E-state index is 14.2. The van der Waals surface area contributed by atoms with E-state index in [4.69, 9.17) is 13.6 Å². The number of rotatable bonds is 2. The molecule has 1 saturated carbocycles. The van der Waals surface area contributed by atoms with E-state index in [1.54, 1.807) is 0 Å². The number of carbonyl (C=O) groups is 2. The lowest BCUT2D eigenvalue weighted by atomic mass is 9.81. The Morgan fingerprint density at radius 1 is 1.55 bits per heavy atom. The molecule has 1 aromatic rings. The van der Waals surface area contributed by atoms with Crippen LogP contribution in [0.15, 0.2) is 12.1 Å². The Kier molecular flexibility index (Phi) is 2.64. The fourth-order valence-electron chi connectivity index (χ4n) is 2.92. The fourth-order valence-corrected chi connectivity index (χ4v) is 2.92. The first kappa shape index (κ1) is 13.1. The van der Waals surface area contributed by atoms with Crippen LogP contribution in [0.4, 0.5) is 8.78 Å². The topological polar surface area (TPSA) is 63.4 Å². The van der Waals surface area contributed by atoms with Gasteiger partial charge in [0.15, 0.2) is 0 Å². The second kappa shape index (κ2) is 4.04. The molecule has 2 amide bonds. The molecular formula is C13H11BF2N2O2. The molecule has 20 heavy (non-hydrogen) atoms. The number of primary amides is 1. The van der Waals surface area contributed by atoms with Gasteiger partial charge < -0.3 is 10.6 Å². The molecular weight excluding hydrogens is 265 g/mol. The van der Waals surface area contributed by atoms with E-state index in [2.05, 4.69) is 0 Å². The number of fused-ring (bicyclic) bond motifs is 2. The molecule has 2 unspecified atom stereocenters. The Balaban J connectivity index is 2.13. The molecule has 2 radical (unpaired) electrons. The summed E-state index contributed by atoms with van der Waals surface area (Å²) < 4.78 is 28.0. The zero-order valence-corrected chi connectivity index (χ0v) is 10.5. The van der Waals surface area contributed by atoms with E-state index in [-0.39, 0.29) is 36.1 Å². The van der Waals surface area contributed by atoms with E-state index >= 15 is 0 Å². The van der Waals surface area contributed by atoms with Crippen LogP contribution in [0.5, 0.6) is 0 Å². The molecule has 1 spiro atoms. The van der Waals surface area contributed by atoms with E-state index in [9.17, 15) is 18.4 Å². The van der Waals surface area contributed by atoms with Gasteiger partial charge in [-0.25, -0.2) is 8.78 Å². The highest BCUT2D eigenvalue weighted by Crippen LogP contribution is 2.54. The van der Waals surface area contributed by atoms with Gasteiger partial charge in [-0.3, -0.25) is 9.59 Å². The van der Waals surface area contributed by atoms with Crippen LogP contribution < -0.4 is 11.2 Å². The zero-order valence-electron chi connectivity index (χ0n) is 10.5. The summed E-state index contributed by atoms with van der Waals surface area (Å²) in [7, 11) is 5.50. The minimum Gasteiger partial charge on any atom is -0.368 e. The van der Waals surface area contributed by atoms with E-state index < -0.39 is 29.2 Å². The number of benzene rings is 1. The van der Waals surface area contributed by atoms with Crippen LogP contribution in [0, 0.1) is 5.82 Å². The van der Waals surface area contributed by atoms with Gasteiger partial charge in [0, 0.05) is 17.7 Å². The number of nitrogens with zero attached hydrogens (tertiary/aromatic N) is 1. The second-order valence-corrected chi connectivity index (χ2v) is 5.35. The SMILES string of the molecule is [B]c1ccc2c(c1F)C1(CC1F)CN(CC(N)=O)C2=O. The molecule has 4 nitrogen and oxygen atoms in total. The molecule has 1 aliphatic carbocycles. The van der Waals surface area contributed by atoms with Crippen molar-refractivity contribution >= 4 is 25.1 Å². The summed E-state index contributed by atoms with van der Waals surface area (Å²) in [5, 5.41) is 0. The van der Waals surface area contributed by atoms with Crippen LogP contribution in [0.1, 0.15) is 22.3 Å². The van der Waals surface area contributed by atoms with Crippen LogP contribution in [-0.4, -0.2) is 43.8 Å². The lowest BCUT2D eigenvalue weighted by molar-refractivity contribution is -0.118. The van der Waals surface area contributed by atoms with Gasteiger partial charge in [-0.2, -0.15) is 0 Å². The summed E-state index contributed by atoms with van der Waals surface area (Å²) in [6, 6.07) is 2.64. The van der Waals surface area contributed by atoms with Crippen molar-refractivity contribution < 1.29 is 18.4 Å². The number of nitrogens with two attached hydrogens (primary N) is 1. The number of alkyl halides is 1. The van der Waals surface area contributed by atoms with E-state index in [0.29, 0.717) is 0 Å². The van der Waals surface area contributed by atoms with Gasteiger partial charge in [0.2, 0.25) is 5.91 Å². The van der Waals surface area contributed by atoms with Gasteiger partial charge in [0.1, 0.15) is 19.8 Å². The lowest BCUT2D eigenvalue weighted by Gasteiger charge is -2.34. The first-order valence-corrected chi connectivity index (χ1v) is 6.17. The minimum absolute atomic E-state index is 0.0377. The lowest BCUT2D eigenvalue weighted by Crippen LogP contribution is -2.48. The summed E-state index contributed by atoms with van der Waals surface area (Å²) >= 11 is 0. The summed E-state index contributed by atoms with van der Waals surface area (Å²) in [6.45, 7) is -0.359. The van der Waals surface area contributed by atoms with Gasteiger partial charge in [-0.15, -0.1) is 0 Å². The highest BCUT2D eigenvalue weighted by Gasteiger charge is 2.62. The number of hydrogen-bond acceptors (Lipinski definition) is 2. The summed E-state index contributed by atoms with van der Waals surface area (Å²) in [5.74, 6) is -1.96. The van der Waals surface area contributed by atoms with Gasteiger partial charge in [-0.05, 0) is 12.5 Å². The molecule has 0 saturated heterocycles. The molecule has 102 valence electrons. The molecule has 1 fully saturated rings. The van der Waals surface area contributed by atoms with Crippen LogP contribution in [0.25, 0.3) is 0 Å². The molecule has 2 atom stereocenters. The van der Waals surface area contributed by atoms with Crippen LogP contribution in [0.2, 0.25) is 0 Å². The molecule has 0 bridgehead atoms. The van der Waals surface area contributed by atoms with Gasteiger partial charge in [0.25, 0.3) is 5.91 Å². The van der Waals surface area contributed by atoms with Crippen molar-refractivity contribution in [1.82, 2.24) is 4.90 Å². The number of amides is 2. The third-order valence-corrected chi connectivity index (χ3v) is 3.99. The normalized spacial score (nSPS) is 27.6. The summed E-state index contributed by atoms with van der Waals surface area (Å²) in [6.07, 6.45) is -1.14. The summed E-state index contributed by atoms with van der Waals surface area (Å²) in [4.78, 5) is 24.4. The Bertz CT molecular complexity index is 637. The highest BCUT2D eigenvalue weighted by molar-refractivity contribution is 6.32. The Morgan fingerprint density at radius 2 is 2.20 bits per heavy atom. The summed E-state index contributed by atoms with van der Waals surface area (Å²) in [5.41, 5.74) is 3.98. The van der Waals surface area contributed by atoms with E-state index in [1.807, 2.05) is 0 Å². The molecule has 0 aromatic heterocycles. The Morgan fingerprint density at radius 3 is 2.75 bits per heavy atom. The maximum Gasteiger partial charge on any atom is 0.254 e. The molecule has 1 heterocycles. The Hall–Kier alpha value is -1.92. The molecule has 1 aromatic carbocycles. The number of carbonyl (C=O) groups excluding carboxylic acids is 2. The standard InChI is InChI=1S/C13H11BF2N2O2/c14-7-2-1-6-10(11(7)16)13(3-8(13)15)5-18(12(6)20)4-9(17)19/h1-2,8H,3-5H2,(H2,17,19). The predicted molar refractivity (Wildman–Crippen MR) is 68.1 cm³/mol. The van der Waals surface area contributed by atoms with Gasteiger partial charge in [0.05, 0.1) is 12.0 Å². The second-order valence-electron chi connectivity index (χ2n) is 5.35. The van der Waals surface area contributed by atoms with Gasteiger partial charge >= 0.3 is 0 Å². The van der Waals surface area contributed by atoms with Crippen molar-refractivity contribution in [3.8, 4) is 0 Å². The van der Waals surface area contributed by atoms with Crippen LogP contribution in [-0.2, 0) is 10.2 Å². The maximum atomic E-state index is 14.2. The van der Waals surface area contributed by atoms with Crippen molar-refractivity contribution in [1.29, 1.82) is 0 Å². The van der Waals surface area contributed by atoms with Crippen molar-refractivity contribution in [3.05, 3.63) is 29.1 Å². The van der Waals surface area contributed by atoms with Crippen LogP contribution in [0.3, 0.4) is 0 Å². The van der Waals surface area contributed by atoms with E-state index in [1.165, 1.54) is 17.0 Å². The number of halogens is 2. The molecule has 3 rings (SSSR count). The number of hydrogen-bond donors (Lipinski definition) is 1. The van der Waals surface area contributed by atoms with Crippen molar-refractivity contribution in [2.24, 2.45) is 5.73 Å². The fraction of sp³-hybridized carbons (Fsp3) is 0.385. The molecule has 2 aliphatic rings. The predicted octanol–water partition coefficient (Wildman–Crippen LogP) is -0.460. The highest BCUT2D eigenvalue weighted by atomic mass is 19.1.